The number of hydrogen-bond donors (Lipinski definition) is 1. The van der Waals surface area contributed by atoms with E-state index in [2.05, 4.69) is 10.3 Å². The Kier molecular flexibility index (Phi) is 3.31. The van der Waals surface area contributed by atoms with Gasteiger partial charge in [-0.25, -0.2) is 4.98 Å². The van der Waals surface area contributed by atoms with E-state index in [-0.39, 0.29) is 11.7 Å². The summed E-state index contributed by atoms with van der Waals surface area (Å²) in [4.78, 5) is 29.6. The Hall–Kier alpha value is -2.47. The van der Waals surface area contributed by atoms with Crippen LogP contribution in [0.2, 0.25) is 0 Å². The van der Waals surface area contributed by atoms with Crippen LogP contribution in [0.1, 0.15) is 32.6 Å². The number of aromatic nitrogens is 2. The molecule has 3 rings (SSSR count). The predicted octanol–water partition coefficient (Wildman–Crippen LogP) is 3.16. The third kappa shape index (κ3) is 2.71. The maximum Gasteiger partial charge on any atom is 0.275 e. The molecule has 2 aromatic heterocycles. The summed E-state index contributed by atoms with van der Waals surface area (Å²) >= 11 is 1.54. The summed E-state index contributed by atoms with van der Waals surface area (Å²) in [5.41, 5.74) is 1.63. The van der Waals surface area contributed by atoms with Gasteiger partial charge in [0.05, 0.1) is 0 Å². The van der Waals surface area contributed by atoms with Crippen molar-refractivity contribution in [2.75, 3.05) is 5.32 Å². The van der Waals surface area contributed by atoms with Crippen molar-refractivity contribution >= 4 is 33.7 Å². The van der Waals surface area contributed by atoms with Gasteiger partial charge in [-0.2, -0.15) is 0 Å². The minimum Gasteiger partial charge on any atom is -0.321 e. The van der Waals surface area contributed by atoms with Gasteiger partial charge in [0.1, 0.15) is 5.69 Å². The number of amides is 1. The van der Waals surface area contributed by atoms with E-state index in [4.69, 9.17) is 0 Å². The van der Waals surface area contributed by atoms with Crippen LogP contribution < -0.4 is 5.32 Å². The molecule has 21 heavy (non-hydrogen) atoms. The molecule has 2 heterocycles. The van der Waals surface area contributed by atoms with Crippen LogP contribution in [-0.4, -0.2) is 21.1 Å². The molecule has 0 bridgehead atoms. The molecule has 1 amide bonds. The topological polar surface area (TPSA) is 63.5 Å². The van der Waals surface area contributed by atoms with Gasteiger partial charge in [0, 0.05) is 28.5 Å². The van der Waals surface area contributed by atoms with E-state index < -0.39 is 0 Å². The second-order valence-electron chi connectivity index (χ2n) is 4.75. The average Bonchev–Trinajstić information content (AvgIpc) is 2.96. The average molecular weight is 299 g/mol. The number of imidazole rings is 1. The number of carbonyl (C=O) groups excluding carboxylic acids is 2. The normalized spacial score (nSPS) is 10.8. The standard InChI is InChI=1S/C15H13N3O2S/c1-9-7-18-8-13(17-15(18)21-9)14(20)16-12-5-3-11(4-6-12)10(2)19/h3-8H,1-2H3,(H,16,20). The van der Waals surface area contributed by atoms with E-state index in [0.29, 0.717) is 16.9 Å². The molecule has 0 aliphatic rings. The van der Waals surface area contributed by atoms with Crippen LogP contribution >= 0.6 is 11.3 Å². The highest BCUT2D eigenvalue weighted by Crippen LogP contribution is 2.17. The molecule has 1 N–H and O–H groups in total. The van der Waals surface area contributed by atoms with Crippen LogP contribution in [0.25, 0.3) is 4.96 Å². The minimum atomic E-state index is -0.265. The predicted molar refractivity (Wildman–Crippen MR) is 82.2 cm³/mol. The zero-order chi connectivity index (χ0) is 15.0. The Morgan fingerprint density at radius 2 is 1.90 bits per heavy atom. The number of nitrogens with one attached hydrogen (secondary N) is 1. The van der Waals surface area contributed by atoms with Crippen LogP contribution in [0.15, 0.2) is 36.7 Å². The van der Waals surface area contributed by atoms with Crippen molar-refractivity contribution in [3.63, 3.8) is 0 Å². The lowest BCUT2D eigenvalue weighted by Crippen LogP contribution is -2.12. The number of anilines is 1. The van der Waals surface area contributed by atoms with Crippen molar-refractivity contribution in [2.24, 2.45) is 0 Å². The summed E-state index contributed by atoms with van der Waals surface area (Å²) in [5, 5.41) is 2.77. The monoisotopic (exact) mass is 299 g/mol. The van der Waals surface area contributed by atoms with Gasteiger partial charge in [-0.3, -0.25) is 14.0 Å². The van der Waals surface area contributed by atoms with Crippen LogP contribution in [0.3, 0.4) is 0 Å². The molecule has 3 aromatic rings. The fourth-order valence-corrected chi connectivity index (χ4v) is 2.81. The van der Waals surface area contributed by atoms with Gasteiger partial charge in [-0.1, -0.05) is 0 Å². The number of rotatable bonds is 3. The van der Waals surface area contributed by atoms with E-state index in [0.717, 1.165) is 9.84 Å². The number of hydrogen-bond acceptors (Lipinski definition) is 4. The molecule has 0 saturated heterocycles. The molecule has 5 nitrogen and oxygen atoms in total. The lowest BCUT2D eigenvalue weighted by molar-refractivity contribution is 0.101. The van der Waals surface area contributed by atoms with Crippen molar-refractivity contribution in [3.05, 3.63) is 52.8 Å². The van der Waals surface area contributed by atoms with E-state index in [1.165, 1.54) is 18.3 Å². The number of aryl methyl sites for hydroxylation is 1. The minimum absolute atomic E-state index is 0.00224. The lowest BCUT2D eigenvalue weighted by Gasteiger charge is -2.03. The zero-order valence-electron chi connectivity index (χ0n) is 11.6. The van der Waals surface area contributed by atoms with Crippen molar-refractivity contribution in [2.45, 2.75) is 13.8 Å². The Bertz CT molecular complexity index is 799. The highest BCUT2D eigenvalue weighted by Gasteiger charge is 2.12. The molecule has 0 radical (unpaired) electrons. The third-order valence-corrected chi connectivity index (χ3v) is 3.97. The van der Waals surface area contributed by atoms with Crippen LogP contribution in [0.4, 0.5) is 5.69 Å². The summed E-state index contributed by atoms with van der Waals surface area (Å²) in [5.74, 6) is -0.267. The maximum atomic E-state index is 12.1. The molecule has 1 aromatic carbocycles. The van der Waals surface area contributed by atoms with Crippen LogP contribution in [0, 0.1) is 6.92 Å². The molecule has 0 saturated carbocycles. The number of benzene rings is 1. The summed E-state index contributed by atoms with van der Waals surface area (Å²) in [7, 11) is 0. The second kappa shape index (κ2) is 5.14. The number of thiazole rings is 1. The number of nitrogens with zero attached hydrogens (tertiary/aromatic N) is 2. The third-order valence-electron chi connectivity index (χ3n) is 3.05. The Morgan fingerprint density at radius 1 is 1.19 bits per heavy atom. The maximum absolute atomic E-state index is 12.1. The van der Waals surface area contributed by atoms with Crippen molar-refractivity contribution < 1.29 is 9.59 Å². The van der Waals surface area contributed by atoms with Crippen molar-refractivity contribution in [1.82, 2.24) is 9.38 Å². The van der Waals surface area contributed by atoms with Gasteiger partial charge in [0.15, 0.2) is 10.7 Å². The van der Waals surface area contributed by atoms with Gasteiger partial charge in [-0.15, -0.1) is 11.3 Å². The first-order chi connectivity index (χ1) is 10.0. The number of Topliss-reactive ketones (excluding diaryl/α,β-unsaturated/α-hetero) is 1. The van der Waals surface area contributed by atoms with Gasteiger partial charge in [0.25, 0.3) is 5.91 Å². The van der Waals surface area contributed by atoms with Crippen LogP contribution in [-0.2, 0) is 0 Å². The molecule has 106 valence electrons. The first kappa shape index (κ1) is 13.5. The first-order valence-corrected chi connectivity index (χ1v) is 7.22. The van der Waals surface area contributed by atoms with Gasteiger partial charge in [0.2, 0.25) is 0 Å². The molecule has 0 aliphatic carbocycles. The van der Waals surface area contributed by atoms with E-state index >= 15 is 0 Å². The fourth-order valence-electron chi connectivity index (χ4n) is 2.00. The Labute approximate surface area is 125 Å². The first-order valence-electron chi connectivity index (χ1n) is 6.40. The Balaban J connectivity index is 1.78. The zero-order valence-corrected chi connectivity index (χ0v) is 12.4. The molecule has 0 aliphatic heterocycles. The molecule has 0 fully saturated rings. The van der Waals surface area contributed by atoms with Gasteiger partial charge >= 0.3 is 0 Å². The van der Waals surface area contributed by atoms with E-state index in [9.17, 15) is 9.59 Å². The van der Waals surface area contributed by atoms with E-state index in [1.807, 2.05) is 17.5 Å². The molecular weight excluding hydrogens is 286 g/mol. The highest BCUT2D eigenvalue weighted by molar-refractivity contribution is 7.17. The summed E-state index contributed by atoms with van der Waals surface area (Å²) in [6.45, 7) is 3.50. The van der Waals surface area contributed by atoms with Crippen molar-refractivity contribution in [3.8, 4) is 0 Å². The highest BCUT2D eigenvalue weighted by atomic mass is 32.1. The molecule has 0 spiro atoms. The molecule has 0 unspecified atom stereocenters. The number of fused-ring (bicyclic) bond motifs is 1. The van der Waals surface area contributed by atoms with Crippen molar-refractivity contribution in [1.29, 1.82) is 0 Å². The molecular formula is C15H13N3O2S. The number of carbonyl (C=O) groups is 2. The van der Waals surface area contributed by atoms with Gasteiger partial charge < -0.3 is 5.32 Å². The lowest BCUT2D eigenvalue weighted by atomic mass is 10.1. The largest absolute Gasteiger partial charge is 0.321 e. The fraction of sp³-hybridized carbons (Fsp3) is 0.133. The van der Waals surface area contributed by atoms with Gasteiger partial charge in [-0.05, 0) is 38.1 Å². The SMILES string of the molecule is CC(=O)c1ccc(NC(=O)c2cn3cc(C)sc3n2)cc1. The van der Waals surface area contributed by atoms with Crippen LogP contribution in [0.5, 0.6) is 0 Å². The quantitative estimate of drug-likeness (QED) is 0.756. The molecule has 0 atom stereocenters. The Morgan fingerprint density at radius 3 is 2.52 bits per heavy atom. The summed E-state index contributed by atoms with van der Waals surface area (Å²) in [6.07, 6.45) is 3.64. The number of ketones is 1. The summed E-state index contributed by atoms with van der Waals surface area (Å²) in [6, 6.07) is 6.79. The molecule has 6 heteroatoms. The smallest absolute Gasteiger partial charge is 0.275 e. The van der Waals surface area contributed by atoms with E-state index in [1.54, 1.807) is 30.5 Å². The summed E-state index contributed by atoms with van der Waals surface area (Å²) < 4.78 is 1.84. The second-order valence-corrected chi connectivity index (χ2v) is 5.96.